The Morgan fingerprint density at radius 2 is 1.65 bits per heavy atom. The monoisotopic (exact) mass is 479 g/mol. The van der Waals surface area contributed by atoms with Gasteiger partial charge in [-0.15, -0.1) is 0 Å². The molecule has 0 unspecified atom stereocenters. The summed E-state index contributed by atoms with van der Waals surface area (Å²) in [5.41, 5.74) is 0.908. The van der Waals surface area contributed by atoms with Gasteiger partial charge in [0.2, 0.25) is 0 Å². The fourth-order valence-electron chi connectivity index (χ4n) is 3.83. The van der Waals surface area contributed by atoms with Gasteiger partial charge in [-0.1, -0.05) is 17.7 Å². The van der Waals surface area contributed by atoms with Crippen LogP contribution in [0.3, 0.4) is 0 Å². The van der Waals surface area contributed by atoms with Crippen LogP contribution in [-0.2, 0) is 9.59 Å². The Bertz CT molecular complexity index is 1260. The topological polar surface area (TPSA) is 122 Å². The largest absolute Gasteiger partial charge is 0.347 e. The van der Waals surface area contributed by atoms with E-state index in [1.807, 2.05) is 0 Å². The van der Waals surface area contributed by atoms with Crippen molar-refractivity contribution in [3.63, 3.8) is 0 Å². The van der Waals surface area contributed by atoms with Gasteiger partial charge in [0.15, 0.2) is 0 Å². The van der Waals surface area contributed by atoms with Gasteiger partial charge >= 0.3 is 11.8 Å². The predicted molar refractivity (Wildman–Crippen MR) is 127 cm³/mol. The van der Waals surface area contributed by atoms with E-state index in [0.717, 1.165) is 6.42 Å². The minimum absolute atomic E-state index is 0.167. The number of benzene rings is 1. The second-order valence-corrected chi connectivity index (χ2v) is 8.30. The van der Waals surface area contributed by atoms with Crippen LogP contribution in [0.5, 0.6) is 0 Å². The molecule has 0 aliphatic heterocycles. The van der Waals surface area contributed by atoms with Gasteiger partial charge in [-0.3, -0.25) is 23.7 Å². The van der Waals surface area contributed by atoms with Crippen LogP contribution in [-0.4, -0.2) is 39.4 Å². The molecule has 3 N–H and O–H groups in total. The molecule has 1 aromatic carbocycles. The number of anilines is 1. The fourth-order valence-corrected chi connectivity index (χ4v) is 3.94. The van der Waals surface area contributed by atoms with E-state index in [4.69, 9.17) is 11.6 Å². The van der Waals surface area contributed by atoms with E-state index in [1.165, 1.54) is 22.9 Å². The molecule has 34 heavy (non-hydrogen) atoms. The third kappa shape index (κ3) is 5.49. The lowest BCUT2D eigenvalue weighted by Gasteiger charge is -2.22. The van der Waals surface area contributed by atoms with Gasteiger partial charge in [-0.05, 0) is 61.7 Å². The summed E-state index contributed by atoms with van der Waals surface area (Å²) >= 11 is 5.77. The molecule has 0 radical (unpaired) electrons. The first-order chi connectivity index (χ1) is 16.4. The number of nitrogens with one attached hydrogen (secondary N) is 3. The molecule has 0 saturated heterocycles. The number of amides is 3. The molecule has 3 amide bonds. The molecular formula is C24H22ClN5O4. The first-order valence-corrected chi connectivity index (χ1v) is 11.1. The molecular weight excluding hydrogens is 458 g/mol. The number of pyridine rings is 2. The van der Waals surface area contributed by atoms with Gasteiger partial charge in [0.1, 0.15) is 5.82 Å². The van der Waals surface area contributed by atoms with Crippen LogP contribution >= 0.6 is 11.6 Å². The molecule has 2 atom stereocenters. The van der Waals surface area contributed by atoms with Crippen LogP contribution in [0.2, 0.25) is 5.02 Å². The van der Waals surface area contributed by atoms with Crippen LogP contribution in [0.4, 0.5) is 5.82 Å². The summed E-state index contributed by atoms with van der Waals surface area (Å²) in [6.45, 7) is 0. The molecule has 1 saturated carbocycles. The van der Waals surface area contributed by atoms with Gasteiger partial charge in [-0.2, -0.15) is 0 Å². The summed E-state index contributed by atoms with van der Waals surface area (Å²) in [6, 6.07) is 13.9. The summed E-state index contributed by atoms with van der Waals surface area (Å²) in [7, 11) is 0. The lowest BCUT2D eigenvalue weighted by atomic mass is 10.1. The van der Waals surface area contributed by atoms with E-state index in [9.17, 15) is 19.2 Å². The molecule has 4 rings (SSSR count). The number of carbonyl (C=O) groups excluding carboxylic acids is 3. The average molecular weight is 480 g/mol. The van der Waals surface area contributed by atoms with E-state index < -0.39 is 11.8 Å². The van der Waals surface area contributed by atoms with Crippen molar-refractivity contribution in [3.05, 3.63) is 87.9 Å². The summed E-state index contributed by atoms with van der Waals surface area (Å²) in [6.07, 6.45) is 5.13. The van der Waals surface area contributed by atoms with Crippen molar-refractivity contribution in [1.82, 2.24) is 20.2 Å². The standard InChI is InChI=1S/C24H22ClN5O4/c25-16-9-12-20(26-14-16)29-24(34)23(33)28-19-5-3-4-18(19)27-22(32)15-7-10-17(11-8-15)30-13-2-1-6-21(30)31/h1-2,6-14,18-19H,3-5H2,(H,27,32)(H,28,33)(H,26,29,34)/t18-,19+/m0/s1. The Hall–Kier alpha value is -3.98. The lowest BCUT2D eigenvalue weighted by Crippen LogP contribution is -2.51. The van der Waals surface area contributed by atoms with Crippen molar-refractivity contribution in [2.45, 2.75) is 31.3 Å². The molecule has 1 fully saturated rings. The molecule has 3 aromatic rings. The molecule has 2 aromatic heterocycles. The third-order valence-corrected chi connectivity index (χ3v) is 5.78. The number of hydrogen-bond acceptors (Lipinski definition) is 5. The van der Waals surface area contributed by atoms with Crippen LogP contribution in [0, 0.1) is 0 Å². The van der Waals surface area contributed by atoms with Gasteiger partial charge in [0.25, 0.3) is 11.5 Å². The number of carbonyl (C=O) groups is 3. The zero-order valence-corrected chi connectivity index (χ0v) is 18.8. The van der Waals surface area contributed by atoms with Crippen LogP contribution in [0.15, 0.2) is 71.8 Å². The molecule has 10 heteroatoms. The number of nitrogens with zero attached hydrogens (tertiary/aromatic N) is 2. The summed E-state index contributed by atoms with van der Waals surface area (Å²) in [5.74, 6) is -1.74. The fraction of sp³-hybridized carbons (Fsp3) is 0.208. The summed E-state index contributed by atoms with van der Waals surface area (Å²) in [5, 5.41) is 8.46. The Morgan fingerprint density at radius 3 is 2.32 bits per heavy atom. The Labute approximate surface area is 200 Å². The SMILES string of the molecule is O=C(Nc1ccc(Cl)cn1)C(=O)N[C@@H]1CCC[C@@H]1NC(=O)c1ccc(-n2ccccc2=O)cc1. The van der Waals surface area contributed by atoms with E-state index in [2.05, 4.69) is 20.9 Å². The maximum absolute atomic E-state index is 12.8. The second-order valence-electron chi connectivity index (χ2n) is 7.86. The molecule has 174 valence electrons. The Balaban J connectivity index is 1.35. The van der Waals surface area contributed by atoms with E-state index in [0.29, 0.717) is 29.1 Å². The predicted octanol–water partition coefficient (Wildman–Crippen LogP) is 2.29. The van der Waals surface area contributed by atoms with Gasteiger partial charge in [-0.25, -0.2) is 4.98 Å². The van der Waals surface area contributed by atoms with Crippen LogP contribution in [0.25, 0.3) is 5.69 Å². The van der Waals surface area contributed by atoms with Crippen molar-refractivity contribution in [2.24, 2.45) is 0 Å². The Morgan fingerprint density at radius 1 is 0.912 bits per heavy atom. The molecule has 0 spiro atoms. The minimum Gasteiger partial charge on any atom is -0.347 e. The highest BCUT2D eigenvalue weighted by molar-refractivity contribution is 6.39. The van der Waals surface area contributed by atoms with Crippen molar-refractivity contribution >= 4 is 35.1 Å². The molecule has 0 bridgehead atoms. The normalized spacial score (nSPS) is 17.1. The van der Waals surface area contributed by atoms with Crippen molar-refractivity contribution in [1.29, 1.82) is 0 Å². The van der Waals surface area contributed by atoms with E-state index in [1.54, 1.807) is 48.7 Å². The Kier molecular flexibility index (Phi) is 7.03. The highest BCUT2D eigenvalue weighted by atomic mass is 35.5. The molecule has 2 heterocycles. The third-order valence-electron chi connectivity index (χ3n) is 5.55. The highest BCUT2D eigenvalue weighted by Gasteiger charge is 2.31. The number of hydrogen-bond donors (Lipinski definition) is 3. The van der Waals surface area contributed by atoms with Crippen LogP contribution < -0.4 is 21.5 Å². The maximum Gasteiger partial charge on any atom is 0.314 e. The van der Waals surface area contributed by atoms with Crippen molar-refractivity contribution in [3.8, 4) is 5.69 Å². The van der Waals surface area contributed by atoms with Crippen molar-refractivity contribution in [2.75, 3.05) is 5.32 Å². The zero-order valence-electron chi connectivity index (χ0n) is 18.0. The van der Waals surface area contributed by atoms with Crippen molar-refractivity contribution < 1.29 is 14.4 Å². The second kappa shape index (κ2) is 10.3. The lowest BCUT2D eigenvalue weighted by molar-refractivity contribution is -0.136. The molecule has 1 aliphatic carbocycles. The smallest absolute Gasteiger partial charge is 0.314 e. The van der Waals surface area contributed by atoms with Crippen LogP contribution in [0.1, 0.15) is 29.6 Å². The minimum atomic E-state index is -0.849. The summed E-state index contributed by atoms with van der Waals surface area (Å²) < 4.78 is 1.48. The van der Waals surface area contributed by atoms with Gasteiger partial charge in [0.05, 0.1) is 5.02 Å². The first-order valence-electron chi connectivity index (χ1n) is 10.7. The van der Waals surface area contributed by atoms with Gasteiger partial charge < -0.3 is 16.0 Å². The first kappa shape index (κ1) is 23.2. The highest BCUT2D eigenvalue weighted by Crippen LogP contribution is 2.20. The molecule has 9 nitrogen and oxygen atoms in total. The quantitative estimate of drug-likeness (QED) is 0.485. The van der Waals surface area contributed by atoms with Gasteiger partial charge in [0, 0.05) is 41.8 Å². The zero-order chi connectivity index (χ0) is 24.1. The van der Waals surface area contributed by atoms with E-state index in [-0.39, 0.29) is 29.4 Å². The molecule has 1 aliphatic rings. The summed E-state index contributed by atoms with van der Waals surface area (Å²) in [4.78, 5) is 53.2. The average Bonchev–Trinajstić information content (AvgIpc) is 3.27. The number of aromatic nitrogens is 2. The number of rotatable bonds is 5. The van der Waals surface area contributed by atoms with E-state index >= 15 is 0 Å². The number of halogens is 1. The maximum atomic E-state index is 12.8.